The molecule has 0 unspecified atom stereocenters. The molecule has 0 radical (unpaired) electrons. The van der Waals surface area contributed by atoms with Gasteiger partial charge >= 0.3 is 66.3 Å². The Morgan fingerprint density at radius 2 is 1.45 bits per heavy atom. The van der Waals surface area contributed by atoms with Crippen molar-refractivity contribution in [3.8, 4) is 0 Å². The van der Waals surface area contributed by atoms with E-state index < -0.39 is 0 Å². The summed E-state index contributed by atoms with van der Waals surface area (Å²) in [6, 6.07) is 0. The van der Waals surface area contributed by atoms with Crippen LogP contribution in [0.1, 0.15) is 0 Å². The van der Waals surface area contributed by atoms with E-state index in [1.165, 1.54) is 14.2 Å². The Morgan fingerprint density at radius 3 is 1.73 bits per heavy atom. The molecule has 5 heteroatoms. The molecule has 0 atom stereocenters. The molecule has 0 heterocycles. The van der Waals surface area contributed by atoms with Crippen molar-refractivity contribution >= 4 is 19.8 Å². The number of methoxy groups -OCH3 is 2. The number of carbonyl (C=O) groups excluding carboxylic acids is 2. The average Bonchev–Trinajstić information content (AvgIpc) is 1.87. The van der Waals surface area contributed by atoms with Crippen LogP contribution >= 0.6 is 0 Å². The van der Waals surface area contributed by atoms with E-state index in [1.807, 2.05) is 0 Å². The Balaban J connectivity index is 3.49. The molecule has 0 aliphatic rings. The van der Waals surface area contributed by atoms with Gasteiger partial charge in [-0.3, -0.25) is 0 Å². The summed E-state index contributed by atoms with van der Waals surface area (Å²) in [6.07, 6.45) is 0. The second-order valence-corrected chi connectivity index (χ2v) is 2.12. The van der Waals surface area contributed by atoms with Crippen LogP contribution < -0.4 is 0 Å². The molecular formula is C6H10BeO4. The molecule has 4 nitrogen and oxygen atoms in total. The molecular weight excluding hydrogens is 145 g/mol. The molecule has 0 rings (SSSR count). The molecule has 0 spiro atoms. The van der Waals surface area contributed by atoms with E-state index in [2.05, 4.69) is 9.47 Å². The summed E-state index contributed by atoms with van der Waals surface area (Å²) in [5.74, 6) is 0. The van der Waals surface area contributed by atoms with Crippen LogP contribution in [0.15, 0.2) is 0 Å². The molecule has 0 amide bonds. The molecule has 0 saturated carbocycles. The van der Waals surface area contributed by atoms with Gasteiger partial charge in [0.2, 0.25) is 0 Å². The van der Waals surface area contributed by atoms with E-state index in [0.717, 1.165) is 0 Å². The number of hydrogen-bond donors (Lipinski definition) is 0. The second kappa shape index (κ2) is 6.16. The average molecular weight is 155 g/mol. The van der Waals surface area contributed by atoms with Crippen molar-refractivity contribution in [3.05, 3.63) is 0 Å². The quantitative estimate of drug-likeness (QED) is 0.463. The first-order valence-electron chi connectivity index (χ1n) is 3.22. The first kappa shape index (κ1) is 10.4. The summed E-state index contributed by atoms with van der Waals surface area (Å²) in [5, 5.41) is 0. The van der Waals surface area contributed by atoms with Crippen LogP contribution in [-0.2, 0) is 19.1 Å². The molecule has 0 aromatic carbocycles. The molecule has 60 valence electrons. The van der Waals surface area contributed by atoms with Crippen molar-refractivity contribution < 1.29 is 19.1 Å². The predicted octanol–water partition coefficient (Wildman–Crippen LogP) is -0.963. The first-order chi connectivity index (χ1) is 5.20. The van der Waals surface area contributed by atoms with Crippen molar-refractivity contribution in [2.24, 2.45) is 0 Å². The SMILES string of the molecule is COC[C](=O)[Be][C](=O)COC. The fraction of sp³-hybridized carbons (Fsp3) is 0.667. The summed E-state index contributed by atoms with van der Waals surface area (Å²) in [4.78, 5) is 21.5. The van der Waals surface area contributed by atoms with E-state index in [9.17, 15) is 9.59 Å². The summed E-state index contributed by atoms with van der Waals surface area (Å²) < 4.78 is 9.08. The number of ether oxygens (including phenoxy) is 2. The van der Waals surface area contributed by atoms with E-state index in [0.29, 0.717) is 0 Å². The fourth-order valence-electron chi connectivity index (χ4n) is 0.644. The maximum atomic E-state index is 10.7. The van der Waals surface area contributed by atoms with E-state index in [1.54, 1.807) is 0 Å². The number of rotatable bonds is 6. The Bertz CT molecular complexity index is 130. The molecule has 0 aromatic heterocycles. The van der Waals surface area contributed by atoms with Gasteiger partial charge in [-0.05, 0) is 0 Å². The third-order valence-electron chi connectivity index (χ3n) is 1.00. The van der Waals surface area contributed by atoms with Gasteiger partial charge in [-0.25, -0.2) is 0 Å². The zero-order chi connectivity index (χ0) is 8.69. The van der Waals surface area contributed by atoms with Crippen LogP contribution in [0.25, 0.3) is 0 Å². The van der Waals surface area contributed by atoms with Crippen LogP contribution in [0, 0.1) is 0 Å². The standard InChI is InChI=1S/2C3H5O2.Be/c2*1-5-3-2-4;/h2*3H2,1H3;. The second-order valence-electron chi connectivity index (χ2n) is 2.12. The summed E-state index contributed by atoms with van der Waals surface area (Å²) in [5.41, 5.74) is -0.427. The Kier molecular flexibility index (Phi) is 5.84. The van der Waals surface area contributed by atoms with Crippen molar-refractivity contribution in [2.75, 3.05) is 27.4 Å². The Hall–Kier alpha value is -0.571. The summed E-state index contributed by atoms with van der Waals surface area (Å²) in [7, 11) is 2.74. The minimum atomic E-state index is -0.213. The predicted molar refractivity (Wildman–Crippen MR) is 39.5 cm³/mol. The van der Waals surface area contributed by atoms with Gasteiger partial charge in [0.25, 0.3) is 0 Å². The fourth-order valence-corrected chi connectivity index (χ4v) is 0.644. The summed E-state index contributed by atoms with van der Waals surface area (Å²) >= 11 is 0. The molecule has 0 bridgehead atoms. The molecule has 0 aromatic rings. The van der Waals surface area contributed by atoms with Gasteiger partial charge in [0, 0.05) is 0 Å². The zero-order valence-electron chi connectivity index (χ0n) is 6.75. The van der Waals surface area contributed by atoms with Gasteiger partial charge < -0.3 is 0 Å². The Labute approximate surface area is 67.2 Å². The van der Waals surface area contributed by atoms with Crippen molar-refractivity contribution in [2.45, 2.75) is 0 Å². The van der Waals surface area contributed by atoms with Gasteiger partial charge in [-0.2, -0.15) is 0 Å². The molecule has 0 N–H and O–H groups in total. The molecule has 0 fully saturated rings. The van der Waals surface area contributed by atoms with Gasteiger partial charge in [-0.1, -0.05) is 0 Å². The third kappa shape index (κ3) is 5.85. The zero-order valence-corrected chi connectivity index (χ0v) is 6.75. The van der Waals surface area contributed by atoms with Crippen LogP contribution in [0.3, 0.4) is 0 Å². The molecule has 0 saturated heterocycles. The van der Waals surface area contributed by atoms with Gasteiger partial charge in [0.15, 0.2) is 0 Å². The van der Waals surface area contributed by atoms with Crippen molar-refractivity contribution in [1.82, 2.24) is 0 Å². The first-order valence-corrected chi connectivity index (χ1v) is 3.22. The van der Waals surface area contributed by atoms with E-state index >= 15 is 0 Å². The maximum absolute atomic E-state index is 10.7. The normalized spacial score (nSPS) is 8.91. The molecule has 11 heavy (non-hydrogen) atoms. The van der Waals surface area contributed by atoms with Crippen molar-refractivity contribution in [1.29, 1.82) is 0 Å². The van der Waals surface area contributed by atoms with Crippen LogP contribution in [0.5, 0.6) is 0 Å². The monoisotopic (exact) mass is 155 g/mol. The number of hydrogen-bond acceptors (Lipinski definition) is 4. The van der Waals surface area contributed by atoms with Crippen LogP contribution in [0.4, 0.5) is 0 Å². The van der Waals surface area contributed by atoms with Crippen LogP contribution in [-0.4, -0.2) is 47.2 Å². The van der Waals surface area contributed by atoms with Crippen molar-refractivity contribution in [3.63, 3.8) is 0 Å². The molecule has 0 aliphatic heterocycles. The third-order valence-corrected chi connectivity index (χ3v) is 1.00. The van der Waals surface area contributed by atoms with E-state index in [-0.39, 0.29) is 33.0 Å². The van der Waals surface area contributed by atoms with Gasteiger partial charge in [0.1, 0.15) is 0 Å². The Morgan fingerprint density at radius 1 is 1.09 bits per heavy atom. The van der Waals surface area contributed by atoms with Crippen LogP contribution in [0.2, 0.25) is 0 Å². The molecule has 0 aliphatic carbocycles. The summed E-state index contributed by atoms with van der Waals surface area (Å²) in [6.45, 7) is -0.00902. The van der Waals surface area contributed by atoms with Gasteiger partial charge in [-0.15, -0.1) is 0 Å². The minimum absolute atomic E-state index is 0.00451. The number of carbonyl (C=O) groups is 2. The van der Waals surface area contributed by atoms with E-state index in [4.69, 9.17) is 0 Å². The topological polar surface area (TPSA) is 52.6 Å². The van der Waals surface area contributed by atoms with Gasteiger partial charge in [0.05, 0.1) is 0 Å².